The molecule has 2 aliphatic rings. The Bertz CT molecular complexity index is 416. The summed E-state index contributed by atoms with van der Waals surface area (Å²) in [6.45, 7) is 1.66. The molecule has 92 valence electrons. The molecule has 3 rings (SSSR count). The molecule has 0 bridgehead atoms. The van der Waals surface area contributed by atoms with E-state index in [0.717, 1.165) is 37.1 Å². The van der Waals surface area contributed by atoms with E-state index in [-0.39, 0.29) is 0 Å². The van der Waals surface area contributed by atoms with Gasteiger partial charge in [0.15, 0.2) is 0 Å². The molecule has 1 aliphatic heterocycles. The van der Waals surface area contributed by atoms with Gasteiger partial charge in [-0.25, -0.2) is 0 Å². The first-order valence-electron chi connectivity index (χ1n) is 6.34. The Morgan fingerprint density at radius 3 is 2.88 bits per heavy atom. The van der Waals surface area contributed by atoms with Crippen LogP contribution in [0.2, 0.25) is 0 Å². The third-order valence-electron chi connectivity index (χ3n) is 3.64. The van der Waals surface area contributed by atoms with E-state index in [1.165, 1.54) is 0 Å². The first-order valence-corrected chi connectivity index (χ1v) is 6.34. The third kappa shape index (κ3) is 2.31. The minimum Gasteiger partial charge on any atom is -0.490 e. The summed E-state index contributed by atoms with van der Waals surface area (Å²) >= 11 is 0. The Kier molecular flexibility index (Phi) is 2.60. The number of hydrogen-bond donors (Lipinski definition) is 1. The Hall–Kier alpha value is -1.06. The molecule has 1 aliphatic carbocycles. The normalized spacial score (nSPS) is 29.5. The lowest BCUT2D eigenvalue weighted by Gasteiger charge is -2.23. The standard InChI is InChI=1S/C14H19NO2/c1-15-8-7-14(16,10-15)11-3-2-4-13(9-11)17-12-5-6-12/h2-4,9,12,16H,5-8,10H2,1H3. The van der Waals surface area contributed by atoms with E-state index in [2.05, 4.69) is 4.90 Å². The fourth-order valence-electron chi connectivity index (χ4n) is 2.45. The van der Waals surface area contributed by atoms with E-state index in [1.54, 1.807) is 0 Å². The lowest BCUT2D eigenvalue weighted by Crippen LogP contribution is -2.29. The van der Waals surface area contributed by atoms with Crippen LogP contribution >= 0.6 is 0 Å². The summed E-state index contributed by atoms with van der Waals surface area (Å²) in [5.74, 6) is 0.896. The van der Waals surface area contributed by atoms with Gasteiger partial charge in [0.25, 0.3) is 0 Å². The maximum Gasteiger partial charge on any atom is 0.120 e. The summed E-state index contributed by atoms with van der Waals surface area (Å²) in [5.41, 5.74) is 0.289. The number of hydrogen-bond acceptors (Lipinski definition) is 3. The number of likely N-dealkylation sites (tertiary alicyclic amines) is 1. The second-order valence-electron chi connectivity index (χ2n) is 5.36. The molecule has 3 heteroatoms. The molecule has 1 saturated carbocycles. The summed E-state index contributed by atoms with van der Waals surface area (Å²) in [6, 6.07) is 7.95. The molecule has 1 saturated heterocycles. The van der Waals surface area contributed by atoms with Gasteiger partial charge in [0.1, 0.15) is 11.4 Å². The number of benzene rings is 1. The zero-order chi connectivity index (χ0) is 11.9. The van der Waals surface area contributed by atoms with Crippen molar-refractivity contribution in [1.29, 1.82) is 0 Å². The van der Waals surface area contributed by atoms with E-state index < -0.39 is 5.60 Å². The summed E-state index contributed by atoms with van der Waals surface area (Å²) in [5, 5.41) is 10.6. The predicted molar refractivity (Wildman–Crippen MR) is 66.1 cm³/mol. The van der Waals surface area contributed by atoms with Gasteiger partial charge in [-0.1, -0.05) is 12.1 Å². The van der Waals surface area contributed by atoms with Gasteiger partial charge in [-0.05, 0) is 44.0 Å². The van der Waals surface area contributed by atoms with Crippen LogP contribution in [0.4, 0.5) is 0 Å². The molecular formula is C14H19NO2. The third-order valence-corrected chi connectivity index (χ3v) is 3.64. The van der Waals surface area contributed by atoms with Crippen molar-refractivity contribution in [2.24, 2.45) is 0 Å². The van der Waals surface area contributed by atoms with Crippen molar-refractivity contribution in [1.82, 2.24) is 4.90 Å². The average molecular weight is 233 g/mol. The second kappa shape index (κ2) is 4.00. The van der Waals surface area contributed by atoms with Crippen molar-refractivity contribution >= 4 is 0 Å². The average Bonchev–Trinajstić information content (AvgIpc) is 3.04. The molecule has 0 amide bonds. The van der Waals surface area contributed by atoms with Crippen molar-refractivity contribution in [3.8, 4) is 5.75 Å². The van der Waals surface area contributed by atoms with Gasteiger partial charge in [0.2, 0.25) is 0 Å². The lowest BCUT2D eigenvalue weighted by atomic mass is 9.93. The molecule has 0 aromatic heterocycles. The molecule has 17 heavy (non-hydrogen) atoms. The molecule has 1 unspecified atom stereocenters. The lowest BCUT2D eigenvalue weighted by molar-refractivity contribution is 0.0486. The predicted octanol–water partition coefficient (Wildman–Crippen LogP) is 1.75. The summed E-state index contributed by atoms with van der Waals surface area (Å²) in [4.78, 5) is 2.16. The molecule has 2 fully saturated rings. The van der Waals surface area contributed by atoms with E-state index in [4.69, 9.17) is 4.74 Å². The zero-order valence-corrected chi connectivity index (χ0v) is 10.2. The number of aliphatic hydroxyl groups is 1. The monoisotopic (exact) mass is 233 g/mol. The maximum absolute atomic E-state index is 10.6. The molecular weight excluding hydrogens is 214 g/mol. The van der Waals surface area contributed by atoms with Gasteiger partial charge < -0.3 is 14.7 Å². The van der Waals surface area contributed by atoms with Crippen LogP contribution in [0.5, 0.6) is 5.75 Å². The summed E-state index contributed by atoms with van der Waals surface area (Å²) in [7, 11) is 2.04. The minimum atomic E-state index is -0.697. The Morgan fingerprint density at radius 1 is 1.41 bits per heavy atom. The highest BCUT2D eigenvalue weighted by Crippen LogP contribution is 2.34. The van der Waals surface area contributed by atoms with Crippen molar-refractivity contribution in [2.75, 3.05) is 20.1 Å². The van der Waals surface area contributed by atoms with Crippen LogP contribution in [-0.4, -0.2) is 36.2 Å². The van der Waals surface area contributed by atoms with E-state index in [0.29, 0.717) is 12.6 Å². The molecule has 1 N–H and O–H groups in total. The number of rotatable bonds is 3. The fourth-order valence-corrected chi connectivity index (χ4v) is 2.45. The fraction of sp³-hybridized carbons (Fsp3) is 0.571. The highest BCUT2D eigenvalue weighted by molar-refractivity contribution is 5.33. The quantitative estimate of drug-likeness (QED) is 0.863. The van der Waals surface area contributed by atoms with Crippen LogP contribution in [0.15, 0.2) is 24.3 Å². The summed E-state index contributed by atoms with van der Waals surface area (Å²) in [6.07, 6.45) is 3.54. The Balaban J connectivity index is 1.81. The molecule has 0 radical (unpaired) electrons. The number of β-amino-alcohol motifs (C(OH)–C–C–N with tert-alkyl or cyclic N) is 1. The van der Waals surface area contributed by atoms with Crippen LogP contribution in [0.25, 0.3) is 0 Å². The molecule has 0 spiro atoms. The first kappa shape index (κ1) is 11.1. The van der Waals surface area contributed by atoms with Crippen LogP contribution in [0.1, 0.15) is 24.8 Å². The second-order valence-corrected chi connectivity index (χ2v) is 5.36. The van der Waals surface area contributed by atoms with Crippen LogP contribution in [0, 0.1) is 0 Å². The SMILES string of the molecule is CN1CCC(O)(c2cccc(OC3CC3)c2)C1. The Morgan fingerprint density at radius 2 is 2.24 bits per heavy atom. The van der Waals surface area contributed by atoms with Crippen molar-refractivity contribution in [3.63, 3.8) is 0 Å². The van der Waals surface area contributed by atoms with E-state index in [9.17, 15) is 5.11 Å². The van der Waals surface area contributed by atoms with Gasteiger partial charge in [0, 0.05) is 13.1 Å². The van der Waals surface area contributed by atoms with Gasteiger partial charge in [-0.15, -0.1) is 0 Å². The maximum atomic E-state index is 10.6. The molecule has 1 aromatic rings. The van der Waals surface area contributed by atoms with Crippen LogP contribution in [0.3, 0.4) is 0 Å². The largest absolute Gasteiger partial charge is 0.490 e. The first-order chi connectivity index (χ1) is 8.16. The van der Waals surface area contributed by atoms with E-state index >= 15 is 0 Å². The van der Waals surface area contributed by atoms with Gasteiger partial charge in [-0.2, -0.15) is 0 Å². The van der Waals surface area contributed by atoms with Crippen LogP contribution in [-0.2, 0) is 5.60 Å². The van der Waals surface area contributed by atoms with Crippen LogP contribution < -0.4 is 4.74 Å². The molecule has 3 nitrogen and oxygen atoms in total. The molecule has 1 atom stereocenters. The van der Waals surface area contributed by atoms with Gasteiger partial charge in [-0.3, -0.25) is 0 Å². The van der Waals surface area contributed by atoms with Gasteiger partial charge >= 0.3 is 0 Å². The number of nitrogens with zero attached hydrogens (tertiary/aromatic N) is 1. The van der Waals surface area contributed by atoms with Crippen molar-refractivity contribution in [3.05, 3.63) is 29.8 Å². The Labute approximate surface area is 102 Å². The number of likely N-dealkylation sites (N-methyl/N-ethyl adjacent to an activating group) is 1. The minimum absolute atomic E-state index is 0.408. The zero-order valence-electron chi connectivity index (χ0n) is 10.2. The van der Waals surface area contributed by atoms with E-state index in [1.807, 2.05) is 31.3 Å². The van der Waals surface area contributed by atoms with Gasteiger partial charge in [0.05, 0.1) is 6.10 Å². The summed E-state index contributed by atoms with van der Waals surface area (Å²) < 4.78 is 5.77. The number of ether oxygens (including phenoxy) is 1. The topological polar surface area (TPSA) is 32.7 Å². The molecule has 1 aromatic carbocycles. The smallest absolute Gasteiger partial charge is 0.120 e. The molecule has 1 heterocycles. The van der Waals surface area contributed by atoms with Crippen molar-refractivity contribution < 1.29 is 9.84 Å². The highest BCUT2D eigenvalue weighted by atomic mass is 16.5. The highest BCUT2D eigenvalue weighted by Gasteiger charge is 2.36. The van der Waals surface area contributed by atoms with Crippen molar-refractivity contribution in [2.45, 2.75) is 31.0 Å².